The van der Waals surface area contributed by atoms with E-state index in [1.54, 1.807) is 0 Å². The van der Waals surface area contributed by atoms with E-state index in [1.807, 2.05) is 47.4 Å². The molecule has 0 radical (unpaired) electrons. The van der Waals surface area contributed by atoms with Crippen molar-refractivity contribution in [1.29, 1.82) is 0 Å². The Morgan fingerprint density at radius 1 is 1.00 bits per heavy atom. The summed E-state index contributed by atoms with van der Waals surface area (Å²) in [5, 5.41) is 0. The molecule has 0 unspecified atom stereocenters. The summed E-state index contributed by atoms with van der Waals surface area (Å²) < 4.78 is 5.65. The van der Waals surface area contributed by atoms with Crippen LogP contribution in [0.25, 0.3) is 6.08 Å². The fraction of sp³-hybridized carbons (Fsp3) is 0.348. The van der Waals surface area contributed by atoms with Crippen LogP contribution < -0.4 is 4.74 Å². The molecular formula is C23H28N2O2. The molecule has 27 heavy (non-hydrogen) atoms. The van der Waals surface area contributed by atoms with Gasteiger partial charge in [-0.05, 0) is 29.7 Å². The molecule has 1 saturated heterocycles. The molecule has 0 bridgehead atoms. The van der Waals surface area contributed by atoms with Crippen LogP contribution in [0.1, 0.15) is 18.1 Å². The van der Waals surface area contributed by atoms with Gasteiger partial charge in [-0.2, -0.15) is 0 Å². The van der Waals surface area contributed by atoms with E-state index in [4.69, 9.17) is 4.74 Å². The van der Waals surface area contributed by atoms with Crippen LogP contribution in [-0.4, -0.2) is 55.0 Å². The van der Waals surface area contributed by atoms with Crippen molar-refractivity contribution < 1.29 is 9.53 Å². The molecule has 0 atom stereocenters. The van der Waals surface area contributed by atoms with Crippen LogP contribution in [0.5, 0.6) is 5.75 Å². The van der Waals surface area contributed by atoms with Gasteiger partial charge in [0.15, 0.2) is 6.61 Å². The molecule has 0 aliphatic carbocycles. The van der Waals surface area contributed by atoms with Crippen molar-refractivity contribution in [2.24, 2.45) is 0 Å². The van der Waals surface area contributed by atoms with E-state index in [-0.39, 0.29) is 12.5 Å². The van der Waals surface area contributed by atoms with Crippen LogP contribution in [-0.2, 0) is 11.2 Å². The smallest absolute Gasteiger partial charge is 0.260 e. The van der Waals surface area contributed by atoms with Gasteiger partial charge in [-0.3, -0.25) is 9.69 Å². The van der Waals surface area contributed by atoms with E-state index < -0.39 is 0 Å². The maximum absolute atomic E-state index is 12.4. The minimum absolute atomic E-state index is 0.0639. The van der Waals surface area contributed by atoms with Crippen LogP contribution in [0.3, 0.4) is 0 Å². The average molecular weight is 364 g/mol. The zero-order chi connectivity index (χ0) is 18.9. The summed E-state index contributed by atoms with van der Waals surface area (Å²) in [6.07, 6.45) is 5.34. The monoisotopic (exact) mass is 364 g/mol. The molecule has 0 aromatic heterocycles. The van der Waals surface area contributed by atoms with Crippen molar-refractivity contribution in [3.63, 3.8) is 0 Å². The van der Waals surface area contributed by atoms with Gasteiger partial charge in [0.05, 0.1) is 0 Å². The lowest BCUT2D eigenvalue weighted by molar-refractivity contribution is -0.135. The number of aryl methyl sites for hydroxylation is 1. The molecule has 3 rings (SSSR count). The largest absolute Gasteiger partial charge is 0.484 e. The molecule has 1 amide bonds. The van der Waals surface area contributed by atoms with Gasteiger partial charge in [0.1, 0.15) is 5.75 Å². The summed E-state index contributed by atoms with van der Waals surface area (Å²) in [7, 11) is 0. The normalized spacial score (nSPS) is 15.2. The van der Waals surface area contributed by atoms with E-state index in [0.29, 0.717) is 0 Å². The Bertz CT molecular complexity index is 733. The molecule has 2 aromatic rings. The molecule has 0 spiro atoms. The Kier molecular flexibility index (Phi) is 7.05. The van der Waals surface area contributed by atoms with Crippen molar-refractivity contribution in [3.05, 3.63) is 71.8 Å². The topological polar surface area (TPSA) is 32.8 Å². The number of rotatable bonds is 7. The van der Waals surface area contributed by atoms with E-state index in [1.165, 1.54) is 11.1 Å². The lowest BCUT2D eigenvalue weighted by Crippen LogP contribution is -2.49. The first-order valence-electron chi connectivity index (χ1n) is 9.68. The first-order valence-corrected chi connectivity index (χ1v) is 9.68. The summed E-state index contributed by atoms with van der Waals surface area (Å²) in [6, 6.07) is 18.3. The average Bonchev–Trinajstić information content (AvgIpc) is 2.73. The van der Waals surface area contributed by atoms with Crippen LogP contribution in [0.4, 0.5) is 0 Å². The van der Waals surface area contributed by atoms with E-state index in [2.05, 4.69) is 36.1 Å². The molecule has 2 aromatic carbocycles. The summed E-state index contributed by atoms with van der Waals surface area (Å²) in [5.41, 5.74) is 2.49. The van der Waals surface area contributed by atoms with Crippen molar-refractivity contribution in [3.8, 4) is 5.75 Å². The van der Waals surface area contributed by atoms with Crippen LogP contribution in [0.2, 0.25) is 0 Å². The van der Waals surface area contributed by atoms with Gasteiger partial charge in [0.2, 0.25) is 0 Å². The summed E-state index contributed by atoms with van der Waals surface area (Å²) in [5.74, 6) is 0.819. The predicted molar refractivity (Wildman–Crippen MR) is 110 cm³/mol. The lowest BCUT2D eigenvalue weighted by atomic mass is 10.2. The highest BCUT2D eigenvalue weighted by atomic mass is 16.5. The SMILES string of the molecule is CCc1ccc(OCC(=O)N2CCN(C/C=C/c3ccccc3)CC2)cc1. The van der Waals surface area contributed by atoms with Gasteiger partial charge in [-0.15, -0.1) is 0 Å². The number of ether oxygens (including phenoxy) is 1. The Morgan fingerprint density at radius 2 is 1.70 bits per heavy atom. The minimum atomic E-state index is 0.0639. The maximum atomic E-state index is 12.4. The van der Waals surface area contributed by atoms with Crippen molar-refractivity contribution >= 4 is 12.0 Å². The molecule has 1 fully saturated rings. The highest BCUT2D eigenvalue weighted by Gasteiger charge is 2.20. The van der Waals surface area contributed by atoms with Gasteiger partial charge in [0.25, 0.3) is 5.91 Å². The Hall–Kier alpha value is -2.59. The van der Waals surface area contributed by atoms with Crippen molar-refractivity contribution in [2.45, 2.75) is 13.3 Å². The molecule has 4 nitrogen and oxygen atoms in total. The predicted octanol–water partition coefficient (Wildman–Crippen LogP) is 3.49. The standard InChI is InChI=1S/C23H28N2O2/c1-2-20-10-12-22(13-11-20)27-19-23(26)25-17-15-24(16-18-25)14-6-9-21-7-4-3-5-8-21/h3-13H,2,14-19H2,1H3/b9-6+. The van der Waals surface area contributed by atoms with E-state index in [9.17, 15) is 4.79 Å². The third-order valence-electron chi connectivity index (χ3n) is 4.89. The van der Waals surface area contributed by atoms with Crippen LogP contribution in [0, 0.1) is 0 Å². The highest BCUT2D eigenvalue weighted by molar-refractivity contribution is 5.77. The number of amides is 1. The third kappa shape index (κ3) is 5.97. The maximum Gasteiger partial charge on any atom is 0.260 e. The van der Waals surface area contributed by atoms with Gasteiger partial charge >= 0.3 is 0 Å². The van der Waals surface area contributed by atoms with Crippen LogP contribution >= 0.6 is 0 Å². The summed E-state index contributed by atoms with van der Waals surface area (Å²) in [4.78, 5) is 16.6. The fourth-order valence-electron chi connectivity index (χ4n) is 3.14. The number of hydrogen-bond donors (Lipinski definition) is 0. The molecule has 1 aliphatic heterocycles. The molecular weight excluding hydrogens is 336 g/mol. The minimum Gasteiger partial charge on any atom is -0.484 e. The second kappa shape index (κ2) is 9.93. The number of nitrogens with zero attached hydrogens (tertiary/aromatic N) is 2. The number of benzene rings is 2. The zero-order valence-electron chi connectivity index (χ0n) is 16.0. The molecule has 1 aliphatic rings. The first kappa shape index (κ1) is 19.2. The number of carbonyl (C=O) groups is 1. The van der Waals surface area contributed by atoms with Gasteiger partial charge in [0, 0.05) is 32.7 Å². The second-order valence-electron chi connectivity index (χ2n) is 6.78. The second-order valence-corrected chi connectivity index (χ2v) is 6.78. The van der Waals surface area contributed by atoms with E-state index in [0.717, 1.165) is 44.9 Å². The Morgan fingerprint density at radius 3 is 2.37 bits per heavy atom. The van der Waals surface area contributed by atoms with E-state index >= 15 is 0 Å². The first-order chi connectivity index (χ1) is 13.2. The van der Waals surface area contributed by atoms with Gasteiger partial charge in [-0.1, -0.05) is 61.5 Å². The third-order valence-corrected chi connectivity index (χ3v) is 4.89. The number of hydrogen-bond acceptors (Lipinski definition) is 3. The quantitative estimate of drug-likeness (QED) is 0.754. The Balaban J connectivity index is 1.37. The lowest BCUT2D eigenvalue weighted by Gasteiger charge is -2.34. The summed E-state index contributed by atoms with van der Waals surface area (Å²) in [6.45, 7) is 6.46. The molecule has 1 heterocycles. The molecule has 142 valence electrons. The summed E-state index contributed by atoms with van der Waals surface area (Å²) >= 11 is 0. The molecule has 0 saturated carbocycles. The highest BCUT2D eigenvalue weighted by Crippen LogP contribution is 2.13. The number of piperazine rings is 1. The molecule has 4 heteroatoms. The van der Waals surface area contributed by atoms with Gasteiger partial charge < -0.3 is 9.64 Å². The van der Waals surface area contributed by atoms with Crippen molar-refractivity contribution in [1.82, 2.24) is 9.80 Å². The van der Waals surface area contributed by atoms with Gasteiger partial charge in [-0.25, -0.2) is 0 Å². The fourth-order valence-corrected chi connectivity index (χ4v) is 3.14. The Labute approximate surface area is 162 Å². The number of carbonyl (C=O) groups excluding carboxylic acids is 1. The molecule has 0 N–H and O–H groups in total. The zero-order valence-corrected chi connectivity index (χ0v) is 16.0. The van der Waals surface area contributed by atoms with Crippen LogP contribution in [0.15, 0.2) is 60.7 Å². The van der Waals surface area contributed by atoms with Crippen molar-refractivity contribution in [2.75, 3.05) is 39.3 Å².